The zero-order chi connectivity index (χ0) is 15.7. The van der Waals surface area contributed by atoms with Crippen molar-refractivity contribution in [2.24, 2.45) is 11.8 Å². The van der Waals surface area contributed by atoms with Crippen molar-refractivity contribution in [2.45, 2.75) is 59.0 Å². The Morgan fingerprint density at radius 3 is 2.73 bits per heavy atom. The smallest absolute Gasteiger partial charge is 0.332 e. The molecule has 0 spiro atoms. The fraction of sp³-hybridized carbons (Fsp3) is 0.688. The summed E-state index contributed by atoms with van der Waals surface area (Å²) in [6, 6.07) is 0. The third-order valence-corrected chi connectivity index (χ3v) is 4.92. The Morgan fingerprint density at radius 1 is 1.32 bits per heavy atom. The first-order chi connectivity index (χ1) is 10.6. The van der Waals surface area contributed by atoms with Gasteiger partial charge in [0.2, 0.25) is 0 Å². The van der Waals surface area contributed by atoms with Crippen molar-refractivity contribution < 1.29 is 0 Å². The van der Waals surface area contributed by atoms with Gasteiger partial charge in [-0.15, -0.1) is 0 Å². The van der Waals surface area contributed by atoms with Gasteiger partial charge in [-0.3, -0.25) is 13.9 Å². The number of hydrogen-bond acceptors (Lipinski definition) is 3. The third kappa shape index (κ3) is 2.51. The molecule has 6 heteroatoms. The molecule has 2 aromatic rings. The molecule has 1 aliphatic rings. The largest absolute Gasteiger partial charge is 0.339 e. The molecule has 0 saturated heterocycles. The van der Waals surface area contributed by atoms with Gasteiger partial charge < -0.3 is 4.98 Å². The summed E-state index contributed by atoms with van der Waals surface area (Å²) in [6.07, 6.45) is 7.32. The zero-order valence-electron chi connectivity index (χ0n) is 13.3. The van der Waals surface area contributed by atoms with Gasteiger partial charge in [0.25, 0.3) is 5.56 Å². The normalized spacial score (nSPS) is 17.4. The number of aromatic nitrogens is 4. The average molecular weight is 304 g/mol. The van der Waals surface area contributed by atoms with E-state index in [1.807, 2.05) is 6.92 Å². The minimum absolute atomic E-state index is 0.226. The topological polar surface area (TPSA) is 72.7 Å². The summed E-state index contributed by atoms with van der Waals surface area (Å²) in [6.45, 7) is 5.25. The van der Waals surface area contributed by atoms with Crippen LogP contribution in [0.4, 0.5) is 0 Å². The quantitative estimate of drug-likeness (QED) is 0.919. The fourth-order valence-corrected chi connectivity index (χ4v) is 3.66. The van der Waals surface area contributed by atoms with Crippen LogP contribution in [0.3, 0.4) is 0 Å². The molecule has 2 heterocycles. The summed E-state index contributed by atoms with van der Waals surface area (Å²) in [7, 11) is 0. The number of nitrogens with zero attached hydrogens (tertiary/aromatic N) is 3. The lowest BCUT2D eigenvalue weighted by Gasteiger charge is -2.20. The van der Waals surface area contributed by atoms with Crippen molar-refractivity contribution in [2.75, 3.05) is 0 Å². The number of fused-ring (bicyclic) bond motifs is 1. The highest BCUT2D eigenvalue weighted by atomic mass is 16.2. The zero-order valence-corrected chi connectivity index (χ0v) is 13.3. The van der Waals surface area contributed by atoms with Crippen molar-refractivity contribution >= 4 is 11.2 Å². The van der Waals surface area contributed by atoms with Crippen LogP contribution >= 0.6 is 0 Å². The molecule has 1 atom stereocenters. The number of nitrogens with one attached hydrogen (secondary N) is 1. The number of rotatable bonds is 5. The number of hydrogen-bond donors (Lipinski definition) is 1. The van der Waals surface area contributed by atoms with E-state index in [0.717, 1.165) is 6.42 Å². The lowest BCUT2D eigenvalue weighted by atomic mass is 9.92. The van der Waals surface area contributed by atoms with Crippen LogP contribution in [-0.4, -0.2) is 19.1 Å². The molecular formula is C16H24N4O2. The molecule has 1 fully saturated rings. The Bertz CT molecular complexity index is 765. The van der Waals surface area contributed by atoms with Crippen LogP contribution < -0.4 is 11.2 Å². The molecule has 0 aliphatic heterocycles. The third-order valence-electron chi connectivity index (χ3n) is 4.92. The van der Waals surface area contributed by atoms with Gasteiger partial charge in [-0.2, -0.15) is 0 Å². The molecule has 1 saturated carbocycles. The fourth-order valence-electron chi connectivity index (χ4n) is 3.66. The molecule has 2 aromatic heterocycles. The molecule has 22 heavy (non-hydrogen) atoms. The monoisotopic (exact) mass is 304 g/mol. The highest BCUT2D eigenvalue weighted by Crippen LogP contribution is 2.31. The second kappa shape index (κ2) is 6.10. The molecule has 1 aliphatic carbocycles. The van der Waals surface area contributed by atoms with Gasteiger partial charge in [-0.05, 0) is 18.3 Å². The van der Waals surface area contributed by atoms with Crippen molar-refractivity contribution in [3.8, 4) is 0 Å². The highest BCUT2D eigenvalue weighted by molar-refractivity contribution is 5.68. The predicted molar refractivity (Wildman–Crippen MR) is 86.0 cm³/mol. The molecule has 1 N–H and O–H groups in total. The maximum atomic E-state index is 12.7. The summed E-state index contributed by atoms with van der Waals surface area (Å²) in [4.78, 5) is 32.2. The lowest BCUT2D eigenvalue weighted by Crippen LogP contribution is -2.41. The van der Waals surface area contributed by atoms with E-state index in [1.54, 1.807) is 4.57 Å². The molecule has 0 bridgehead atoms. The first-order valence-corrected chi connectivity index (χ1v) is 8.30. The number of H-pyrrole nitrogens is 1. The first-order valence-electron chi connectivity index (χ1n) is 8.30. The van der Waals surface area contributed by atoms with Crippen LogP contribution in [0, 0.1) is 11.8 Å². The van der Waals surface area contributed by atoms with Crippen molar-refractivity contribution in [3.05, 3.63) is 27.2 Å². The minimum atomic E-state index is -0.260. The second-order valence-electron chi connectivity index (χ2n) is 6.47. The summed E-state index contributed by atoms with van der Waals surface area (Å²) >= 11 is 0. The first kappa shape index (κ1) is 15.1. The summed E-state index contributed by atoms with van der Waals surface area (Å²) in [5.41, 5.74) is 0.444. The summed E-state index contributed by atoms with van der Waals surface area (Å²) in [5.74, 6) is 1.10. The minimum Gasteiger partial charge on any atom is -0.339 e. The van der Waals surface area contributed by atoms with E-state index in [0.29, 0.717) is 36.1 Å². The van der Waals surface area contributed by atoms with Crippen LogP contribution in [0.25, 0.3) is 11.2 Å². The van der Waals surface area contributed by atoms with E-state index in [1.165, 1.54) is 36.6 Å². The Hall–Kier alpha value is -1.85. The van der Waals surface area contributed by atoms with Gasteiger partial charge in [0.15, 0.2) is 5.65 Å². The van der Waals surface area contributed by atoms with E-state index in [2.05, 4.69) is 16.9 Å². The Labute approximate surface area is 129 Å². The average Bonchev–Trinajstić information content (AvgIpc) is 3.18. The summed E-state index contributed by atoms with van der Waals surface area (Å²) < 4.78 is 3.02. The van der Waals surface area contributed by atoms with E-state index in [9.17, 15) is 9.59 Å². The van der Waals surface area contributed by atoms with Crippen LogP contribution in [0.1, 0.15) is 46.0 Å². The van der Waals surface area contributed by atoms with Gasteiger partial charge in [0.1, 0.15) is 5.52 Å². The molecule has 1 unspecified atom stereocenters. The van der Waals surface area contributed by atoms with Gasteiger partial charge >= 0.3 is 5.69 Å². The van der Waals surface area contributed by atoms with Gasteiger partial charge in [-0.25, -0.2) is 9.78 Å². The van der Waals surface area contributed by atoms with Gasteiger partial charge in [0.05, 0.1) is 6.33 Å². The lowest BCUT2D eigenvalue weighted by molar-refractivity contribution is 0.319. The van der Waals surface area contributed by atoms with Crippen LogP contribution in [-0.2, 0) is 13.1 Å². The maximum Gasteiger partial charge on any atom is 0.332 e. The van der Waals surface area contributed by atoms with Crippen molar-refractivity contribution in [3.63, 3.8) is 0 Å². The van der Waals surface area contributed by atoms with Crippen LogP contribution in [0.15, 0.2) is 15.9 Å². The number of aromatic amines is 1. The number of imidazole rings is 1. The standard InChI is InChI=1S/C16H24N4O2/c1-3-8-19-15(21)13-14(18-10-17-13)20(16(19)22)9-11(2)12-6-4-5-7-12/h10-12H,3-9H2,1-2H3,(H,17,18). The Morgan fingerprint density at radius 2 is 2.05 bits per heavy atom. The van der Waals surface area contributed by atoms with E-state index in [-0.39, 0.29) is 11.2 Å². The molecule has 0 amide bonds. The second-order valence-corrected chi connectivity index (χ2v) is 6.47. The molecule has 0 radical (unpaired) electrons. The highest BCUT2D eigenvalue weighted by Gasteiger charge is 2.24. The van der Waals surface area contributed by atoms with E-state index >= 15 is 0 Å². The van der Waals surface area contributed by atoms with Crippen LogP contribution in [0.2, 0.25) is 0 Å². The molecule has 3 rings (SSSR count). The predicted octanol–water partition coefficient (Wildman–Crippen LogP) is 2.12. The maximum absolute atomic E-state index is 12.7. The summed E-state index contributed by atoms with van der Waals surface area (Å²) in [5, 5.41) is 0. The van der Waals surface area contributed by atoms with Crippen molar-refractivity contribution in [1.29, 1.82) is 0 Å². The molecule has 120 valence electrons. The Balaban J connectivity index is 2.05. The van der Waals surface area contributed by atoms with Crippen molar-refractivity contribution in [1.82, 2.24) is 19.1 Å². The molecule has 0 aromatic carbocycles. The molecular weight excluding hydrogens is 280 g/mol. The molecule has 6 nitrogen and oxygen atoms in total. The van der Waals surface area contributed by atoms with E-state index < -0.39 is 0 Å². The van der Waals surface area contributed by atoms with Gasteiger partial charge in [0, 0.05) is 13.1 Å². The van der Waals surface area contributed by atoms with Gasteiger partial charge in [-0.1, -0.05) is 39.5 Å². The van der Waals surface area contributed by atoms with E-state index in [4.69, 9.17) is 0 Å². The Kier molecular flexibility index (Phi) is 4.18. The van der Waals surface area contributed by atoms with Crippen LogP contribution in [0.5, 0.6) is 0 Å². The SMILES string of the molecule is CCCn1c(=O)c2[nH]cnc2n(CC(C)C2CCCC2)c1=O.